The lowest BCUT2D eigenvalue weighted by Crippen LogP contribution is -2.29. The van der Waals surface area contributed by atoms with Crippen molar-refractivity contribution in [2.24, 2.45) is 0 Å². The molecule has 1 aromatic heterocycles. The van der Waals surface area contributed by atoms with Crippen molar-refractivity contribution in [3.63, 3.8) is 0 Å². The smallest absolute Gasteiger partial charge is 0.338 e. The van der Waals surface area contributed by atoms with Crippen LogP contribution in [0.25, 0.3) is 16.7 Å². The number of methoxy groups -OCH3 is 1. The van der Waals surface area contributed by atoms with Crippen molar-refractivity contribution in [1.29, 1.82) is 0 Å². The monoisotopic (exact) mass is 441 g/mol. The molecule has 4 aromatic rings. The van der Waals surface area contributed by atoms with Crippen molar-refractivity contribution in [3.8, 4) is 11.5 Å². The third kappa shape index (κ3) is 3.57. The third-order valence-electron chi connectivity index (χ3n) is 5.69. The lowest BCUT2D eigenvalue weighted by atomic mass is 9.92. The maximum Gasteiger partial charge on any atom is 0.338 e. The van der Waals surface area contributed by atoms with Gasteiger partial charge in [-0.25, -0.2) is 9.78 Å². The molecule has 33 heavy (non-hydrogen) atoms. The number of phenols is 1. The van der Waals surface area contributed by atoms with Crippen molar-refractivity contribution in [2.75, 3.05) is 19.0 Å². The van der Waals surface area contributed by atoms with Gasteiger partial charge in [0.25, 0.3) is 0 Å². The Balaban J connectivity index is 1.81. The zero-order valence-electron chi connectivity index (χ0n) is 18.3. The second-order valence-electron chi connectivity index (χ2n) is 7.65. The Morgan fingerprint density at radius 1 is 1.09 bits per heavy atom. The first-order chi connectivity index (χ1) is 16.1. The van der Waals surface area contributed by atoms with E-state index in [-0.39, 0.29) is 12.4 Å². The third-order valence-corrected chi connectivity index (χ3v) is 5.69. The maximum atomic E-state index is 13.4. The van der Waals surface area contributed by atoms with Crippen LogP contribution in [0.1, 0.15) is 24.1 Å². The fourth-order valence-corrected chi connectivity index (χ4v) is 4.26. The Bertz CT molecular complexity index is 1370. The van der Waals surface area contributed by atoms with Gasteiger partial charge in [0.1, 0.15) is 11.5 Å². The van der Waals surface area contributed by atoms with Gasteiger partial charge in [-0.05, 0) is 66.6 Å². The molecule has 3 aromatic carbocycles. The summed E-state index contributed by atoms with van der Waals surface area (Å²) in [6.07, 6.45) is 0. The van der Waals surface area contributed by atoms with Gasteiger partial charge in [-0.1, -0.05) is 24.3 Å². The number of carbonyl (C=O) groups is 1. The van der Waals surface area contributed by atoms with Crippen molar-refractivity contribution in [3.05, 3.63) is 89.5 Å². The molecule has 0 bridgehead atoms. The number of aromatic hydroxyl groups is 1. The number of ether oxygens (including phenoxy) is 2. The topological polar surface area (TPSA) is 85.6 Å². The van der Waals surface area contributed by atoms with Gasteiger partial charge in [0.2, 0.25) is 5.95 Å². The quantitative estimate of drug-likeness (QED) is 0.435. The Labute approximate surface area is 190 Å². The number of nitrogens with one attached hydrogen (secondary N) is 1. The average molecular weight is 441 g/mol. The molecule has 1 aliphatic heterocycles. The van der Waals surface area contributed by atoms with E-state index in [2.05, 4.69) is 5.32 Å². The molecule has 1 aliphatic rings. The number of carbonyl (C=O) groups excluding carboxylic acids is 1. The number of phenolic OH excluding ortho intramolecular Hbond substituents is 1. The number of hydrogen-bond donors (Lipinski definition) is 2. The molecule has 7 heteroatoms. The van der Waals surface area contributed by atoms with Gasteiger partial charge < -0.3 is 19.9 Å². The molecule has 7 nitrogen and oxygen atoms in total. The second-order valence-corrected chi connectivity index (χ2v) is 7.65. The average Bonchev–Trinajstić information content (AvgIpc) is 3.21. The summed E-state index contributed by atoms with van der Waals surface area (Å²) in [6, 6.07) is 21.6. The number of anilines is 1. The lowest BCUT2D eigenvalue weighted by Gasteiger charge is -2.31. The molecule has 0 saturated carbocycles. The van der Waals surface area contributed by atoms with Crippen LogP contribution in [0.15, 0.2) is 78.4 Å². The summed E-state index contributed by atoms with van der Waals surface area (Å²) in [5.41, 5.74) is 4.24. The van der Waals surface area contributed by atoms with Gasteiger partial charge >= 0.3 is 5.97 Å². The van der Waals surface area contributed by atoms with Crippen LogP contribution in [0.4, 0.5) is 5.95 Å². The Kier molecular flexibility index (Phi) is 5.22. The van der Waals surface area contributed by atoms with Crippen LogP contribution < -0.4 is 10.1 Å². The molecule has 0 amide bonds. The summed E-state index contributed by atoms with van der Waals surface area (Å²) in [7, 11) is 1.61. The molecule has 2 N–H and O–H groups in total. The minimum Gasteiger partial charge on any atom is -0.508 e. The number of hydrogen-bond acceptors (Lipinski definition) is 6. The molecule has 0 fully saturated rings. The van der Waals surface area contributed by atoms with E-state index in [4.69, 9.17) is 14.5 Å². The van der Waals surface area contributed by atoms with E-state index in [0.29, 0.717) is 23.0 Å². The van der Waals surface area contributed by atoms with Gasteiger partial charge in [-0.2, -0.15) is 0 Å². The van der Waals surface area contributed by atoms with E-state index >= 15 is 0 Å². The van der Waals surface area contributed by atoms with E-state index in [1.54, 1.807) is 32.2 Å². The highest BCUT2D eigenvalue weighted by molar-refractivity contribution is 6.03. The summed E-state index contributed by atoms with van der Waals surface area (Å²) >= 11 is 0. The number of nitrogens with zero attached hydrogens (tertiary/aromatic N) is 2. The molecule has 166 valence electrons. The molecular formula is C26H23N3O4. The summed E-state index contributed by atoms with van der Waals surface area (Å²) in [5.74, 6) is 0.992. The fraction of sp³-hybridized carbons (Fsp3) is 0.154. The molecule has 5 rings (SSSR count). The predicted molar refractivity (Wildman–Crippen MR) is 126 cm³/mol. The normalized spacial score (nSPS) is 15.2. The number of benzene rings is 3. The van der Waals surface area contributed by atoms with Crippen LogP contribution in [0, 0.1) is 0 Å². The molecule has 0 saturated heterocycles. The van der Waals surface area contributed by atoms with E-state index < -0.39 is 12.0 Å². The first-order valence-electron chi connectivity index (χ1n) is 10.7. The van der Waals surface area contributed by atoms with Crippen molar-refractivity contribution in [2.45, 2.75) is 13.0 Å². The highest BCUT2D eigenvalue weighted by Gasteiger charge is 2.36. The summed E-state index contributed by atoms with van der Waals surface area (Å²) in [6.45, 7) is 2.02. The van der Waals surface area contributed by atoms with Crippen LogP contribution in [0.2, 0.25) is 0 Å². The first-order valence-corrected chi connectivity index (χ1v) is 10.7. The first kappa shape index (κ1) is 20.6. The Hall–Kier alpha value is -4.26. The highest BCUT2D eigenvalue weighted by Crippen LogP contribution is 2.43. The van der Waals surface area contributed by atoms with Crippen molar-refractivity contribution >= 4 is 28.6 Å². The van der Waals surface area contributed by atoms with Gasteiger partial charge in [-0.3, -0.25) is 4.57 Å². The maximum absolute atomic E-state index is 13.4. The molecule has 2 heterocycles. The largest absolute Gasteiger partial charge is 0.508 e. The van der Waals surface area contributed by atoms with Gasteiger partial charge in [0, 0.05) is 0 Å². The van der Waals surface area contributed by atoms with Gasteiger partial charge in [-0.15, -0.1) is 0 Å². The van der Waals surface area contributed by atoms with Crippen molar-refractivity contribution in [1.82, 2.24) is 9.55 Å². The van der Waals surface area contributed by atoms with Crippen molar-refractivity contribution < 1.29 is 19.4 Å². The summed E-state index contributed by atoms with van der Waals surface area (Å²) < 4.78 is 12.8. The zero-order chi connectivity index (χ0) is 22.9. The van der Waals surface area contributed by atoms with Crippen LogP contribution in [-0.4, -0.2) is 34.3 Å². The van der Waals surface area contributed by atoms with E-state index in [9.17, 15) is 9.90 Å². The molecule has 0 spiro atoms. The number of para-hydroxylation sites is 2. The van der Waals surface area contributed by atoms with Gasteiger partial charge in [0.05, 0.1) is 42.1 Å². The van der Waals surface area contributed by atoms with Crippen LogP contribution in [-0.2, 0) is 9.53 Å². The van der Waals surface area contributed by atoms with Crippen LogP contribution in [0.3, 0.4) is 0 Å². The van der Waals surface area contributed by atoms with E-state index in [0.717, 1.165) is 22.2 Å². The molecule has 0 aliphatic carbocycles. The molecule has 0 radical (unpaired) electrons. The van der Waals surface area contributed by atoms with E-state index in [1.807, 2.05) is 59.2 Å². The Morgan fingerprint density at radius 2 is 1.88 bits per heavy atom. The predicted octanol–water partition coefficient (Wildman–Crippen LogP) is 4.74. The molecule has 1 atom stereocenters. The standard InChI is InChI=1S/C26H23N3O4/c1-3-33-25(31)22-23(16-11-13-19(32-2)14-12-16)28-26-27-20-9-4-5-10-21(20)29(26)24(22)17-7-6-8-18(30)15-17/h4-15,24,30H,3H2,1-2H3,(H,27,28)/t24-/m0/s1. The van der Waals surface area contributed by atoms with Crippen LogP contribution >= 0.6 is 0 Å². The minimum atomic E-state index is -0.558. The van der Waals surface area contributed by atoms with E-state index in [1.165, 1.54) is 0 Å². The van der Waals surface area contributed by atoms with Crippen LogP contribution in [0.5, 0.6) is 11.5 Å². The number of aromatic nitrogens is 2. The number of fused-ring (bicyclic) bond motifs is 3. The lowest BCUT2D eigenvalue weighted by molar-refractivity contribution is -0.138. The number of rotatable bonds is 5. The second kappa shape index (κ2) is 8.35. The molecule has 0 unspecified atom stereocenters. The summed E-state index contributed by atoms with van der Waals surface area (Å²) in [4.78, 5) is 18.2. The Morgan fingerprint density at radius 3 is 2.61 bits per heavy atom. The number of esters is 1. The van der Waals surface area contributed by atoms with Gasteiger partial charge in [0.15, 0.2) is 0 Å². The fourth-order valence-electron chi connectivity index (χ4n) is 4.26. The summed E-state index contributed by atoms with van der Waals surface area (Å²) in [5, 5.41) is 13.6. The minimum absolute atomic E-state index is 0.117. The highest BCUT2D eigenvalue weighted by atomic mass is 16.5. The molecular weight excluding hydrogens is 418 g/mol. The SMILES string of the molecule is CCOC(=O)C1=C(c2ccc(OC)cc2)Nc2nc3ccccc3n2[C@H]1c1cccc(O)c1. The number of imidazole rings is 1. The zero-order valence-corrected chi connectivity index (χ0v) is 18.3.